The Balaban J connectivity index is 0.00000241. The molecule has 1 unspecified atom stereocenters. The molecule has 34 heavy (non-hydrogen) atoms. The van der Waals surface area contributed by atoms with E-state index in [-0.39, 0.29) is 35.7 Å². The highest BCUT2D eigenvalue weighted by Crippen LogP contribution is 2.42. The average molecular weight is 476 g/mol. The van der Waals surface area contributed by atoms with Crippen LogP contribution in [0.2, 0.25) is 0 Å². The Labute approximate surface area is 203 Å². The zero-order valence-corrected chi connectivity index (χ0v) is 19.9. The molecule has 7 nitrogen and oxygen atoms in total. The molecule has 2 amide bonds. The summed E-state index contributed by atoms with van der Waals surface area (Å²) in [6.07, 6.45) is 6.59. The molecule has 8 heteroatoms. The number of hydrogen-bond acceptors (Lipinski definition) is 4. The maximum absolute atomic E-state index is 13.1. The summed E-state index contributed by atoms with van der Waals surface area (Å²) in [5.74, 6) is -0.756. The Kier molecular flexibility index (Phi) is 5.34. The number of halogens is 1. The molecular formula is C26H26ClN5O2. The smallest absolute Gasteiger partial charge is 0.261 e. The van der Waals surface area contributed by atoms with Crippen molar-refractivity contribution in [2.45, 2.75) is 26.3 Å². The van der Waals surface area contributed by atoms with Crippen LogP contribution in [0.25, 0.3) is 27.7 Å². The fraction of sp³-hybridized carbons (Fsp3) is 0.269. The lowest BCUT2D eigenvalue weighted by Crippen LogP contribution is -2.43. The monoisotopic (exact) mass is 475 g/mol. The van der Waals surface area contributed by atoms with Crippen molar-refractivity contribution in [1.29, 1.82) is 0 Å². The molecule has 1 aromatic carbocycles. The number of rotatable bonds is 3. The van der Waals surface area contributed by atoms with Gasteiger partial charge in [-0.3, -0.25) is 19.3 Å². The first-order chi connectivity index (χ1) is 16.0. The SMILES string of the molecule is CC1(C)CNCCC1n1cc(C2=C(c3cnc4ccccn34)C(=O)NC2=O)c2ccccc21.Cl. The number of pyridine rings is 1. The second-order valence-corrected chi connectivity index (χ2v) is 9.54. The van der Waals surface area contributed by atoms with Crippen LogP contribution in [-0.2, 0) is 9.59 Å². The van der Waals surface area contributed by atoms with Crippen molar-refractivity contribution in [3.05, 3.63) is 72.3 Å². The van der Waals surface area contributed by atoms with Crippen LogP contribution in [0.5, 0.6) is 0 Å². The van der Waals surface area contributed by atoms with Gasteiger partial charge in [-0.05, 0) is 36.6 Å². The van der Waals surface area contributed by atoms with E-state index in [1.54, 1.807) is 6.20 Å². The van der Waals surface area contributed by atoms with Gasteiger partial charge in [-0.2, -0.15) is 0 Å². The Morgan fingerprint density at radius 2 is 1.79 bits per heavy atom. The standard InChI is InChI=1S/C26H25N5O2.ClH/c1-26(2)15-27-11-10-20(26)31-14-17(16-7-3-4-8-18(16)31)22-23(25(33)29-24(22)32)19-13-28-21-9-5-6-12-30(19)21;/h3-9,12-14,20,27H,10-11,15H2,1-2H3,(H,29,32,33);1H. The molecule has 3 aromatic heterocycles. The van der Waals surface area contributed by atoms with Crippen LogP contribution in [0, 0.1) is 5.41 Å². The predicted octanol–water partition coefficient (Wildman–Crippen LogP) is 3.84. The van der Waals surface area contributed by atoms with Crippen LogP contribution in [0.1, 0.15) is 37.6 Å². The normalized spacial score (nSPS) is 20.1. The number of nitrogens with zero attached hydrogens (tertiary/aromatic N) is 3. The minimum absolute atomic E-state index is 0. The van der Waals surface area contributed by atoms with E-state index in [0.717, 1.165) is 41.6 Å². The number of piperidine rings is 1. The highest BCUT2D eigenvalue weighted by molar-refractivity contribution is 6.49. The van der Waals surface area contributed by atoms with Gasteiger partial charge in [0.05, 0.1) is 23.0 Å². The summed E-state index contributed by atoms with van der Waals surface area (Å²) in [7, 11) is 0. The van der Waals surface area contributed by atoms with Gasteiger partial charge in [0, 0.05) is 41.4 Å². The van der Waals surface area contributed by atoms with E-state index in [1.165, 1.54) is 0 Å². The van der Waals surface area contributed by atoms with Crippen LogP contribution in [-0.4, -0.2) is 38.9 Å². The average Bonchev–Trinajstić information content (AvgIpc) is 3.46. The first-order valence-corrected chi connectivity index (χ1v) is 11.3. The van der Waals surface area contributed by atoms with Gasteiger partial charge in [0.25, 0.3) is 11.8 Å². The molecule has 5 heterocycles. The predicted molar refractivity (Wildman–Crippen MR) is 135 cm³/mol. The molecule has 174 valence electrons. The second kappa shape index (κ2) is 8.11. The first-order valence-electron chi connectivity index (χ1n) is 11.3. The molecule has 4 aromatic rings. The number of hydrogen-bond donors (Lipinski definition) is 2. The Hall–Kier alpha value is -3.42. The summed E-state index contributed by atoms with van der Waals surface area (Å²) in [6, 6.07) is 14.1. The summed E-state index contributed by atoms with van der Waals surface area (Å²) < 4.78 is 4.16. The van der Waals surface area contributed by atoms with Crippen molar-refractivity contribution in [2.24, 2.45) is 5.41 Å². The highest BCUT2D eigenvalue weighted by atomic mass is 35.5. The van der Waals surface area contributed by atoms with E-state index in [0.29, 0.717) is 16.8 Å². The number of carbonyl (C=O) groups excluding carboxylic acids is 2. The van der Waals surface area contributed by atoms with Crippen molar-refractivity contribution in [1.82, 2.24) is 24.6 Å². The summed E-state index contributed by atoms with van der Waals surface area (Å²) in [4.78, 5) is 30.6. The van der Waals surface area contributed by atoms with Crippen molar-refractivity contribution in [3.63, 3.8) is 0 Å². The first kappa shape index (κ1) is 22.4. The number of benzene rings is 1. The van der Waals surface area contributed by atoms with Crippen LogP contribution in [0.3, 0.4) is 0 Å². The lowest BCUT2D eigenvalue weighted by atomic mass is 9.80. The maximum Gasteiger partial charge on any atom is 0.261 e. The van der Waals surface area contributed by atoms with Gasteiger partial charge >= 0.3 is 0 Å². The van der Waals surface area contributed by atoms with E-state index < -0.39 is 0 Å². The number of aromatic nitrogens is 3. The molecule has 0 radical (unpaired) electrons. The van der Waals surface area contributed by atoms with Crippen molar-refractivity contribution < 1.29 is 9.59 Å². The molecule has 2 aliphatic rings. The van der Waals surface area contributed by atoms with Crippen LogP contribution in [0.4, 0.5) is 0 Å². The van der Waals surface area contributed by atoms with Crippen molar-refractivity contribution >= 4 is 51.9 Å². The van der Waals surface area contributed by atoms with Crippen molar-refractivity contribution in [2.75, 3.05) is 13.1 Å². The van der Waals surface area contributed by atoms with Gasteiger partial charge in [0.1, 0.15) is 5.65 Å². The van der Waals surface area contributed by atoms with Gasteiger partial charge < -0.3 is 9.88 Å². The molecule has 0 aliphatic carbocycles. The molecule has 2 aliphatic heterocycles. The van der Waals surface area contributed by atoms with E-state index >= 15 is 0 Å². The third kappa shape index (κ3) is 3.27. The lowest BCUT2D eigenvalue weighted by Gasteiger charge is -2.40. The largest absolute Gasteiger partial charge is 0.343 e. The van der Waals surface area contributed by atoms with Gasteiger partial charge in [-0.15, -0.1) is 12.4 Å². The zero-order chi connectivity index (χ0) is 22.7. The quantitative estimate of drug-likeness (QED) is 0.441. The summed E-state index contributed by atoms with van der Waals surface area (Å²) in [5, 5.41) is 7.00. The summed E-state index contributed by atoms with van der Waals surface area (Å²) in [6.45, 7) is 6.42. The number of imide groups is 1. The molecule has 6 rings (SSSR count). The molecule has 1 saturated heterocycles. The molecule has 0 saturated carbocycles. The lowest BCUT2D eigenvalue weighted by molar-refractivity contribution is -0.122. The summed E-state index contributed by atoms with van der Waals surface area (Å²) >= 11 is 0. The number of amides is 2. The zero-order valence-electron chi connectivity index (χ0n) is 19.0. The summed E-state index contributed by atoms with van der Waals surface area (Å²) in [5.41, 5.74) is 4.02. The minimum Gasteiger partial charge on any atom is -0.343 e. The third-order valence-electron chi connectivity index (χ3n) is 7.03. The molecule has 2 N–H and O–H groups in total. The number of imidazole rings is 1. The van der Waals surface area contributed by atoms with E-state index in [2.05, 4.69) is 46.3 Å². The number of carbonyl (C=O) groups is 2. The fourth-order valence-electron chi connectivity index (χ4n) is 5.41. The Bertz CT molecular complexity index is 1480. The molecule has 1 fully saturated rings. The topological polar surface area (TPSA) is 80.4 Å². The maximum atomic E-state index is 13.1. The van der Waals surface area contributed by atoms with E-state index in [1.807, 2.05) is 47.0 Å². The second-order valence-electron chi connectivity index (χ2n) is 9.54. The Morgan fingerprint density at radius 1 is 1.03 bits per heavy atom. The molecule has 0 bridgehead atoms. The Morgan fingerprint density at radius 3 is 2.62 bits per heavy atom. The van der Waals surface area contributed by atoms with Crippen LogP contribution in [0.15, 0.2) is 61.1 Å². The fourth-order valence-corrected chi connectivity index (χ4v) is 5.41. The van der Waals surface area contributed by atoms with Crippen LogP contribution < -0.4 is 10.6 Å². The van der Waals surface area contributed by atoms with Gasteiger partial charge in [0.2, 0.25) is 0 Å². The molecule has 1 atom stereocenters. The number of para-hydroxylation sites is 1. The van der Waals surface area contributed by atoms with E-state index in [4.69, 9.17) is 0 Å². The van der Waals surface area contributed by atoms with E-state index in [9.17, 15) is 9.59 Å². The third-order valence-corrected chi connectivity index (χ3v) is 7.03. The van der Waals surface area contributed by atoms with Gasteiger partial charge in [-0.25, -0.2) is 4.98 Å². The van der Waals surface area contributed by atoms with Crippen LogP contribution >= 0.6 is 12.4 Å². The van der Waals surface area contributed by atoms with Gasteiger partial charge in [0.15, 0.2) is 0 Å². The number of nitrogens with one attached hydrogen (secondary N) is 2. The number of fused-ring (bicyclic) bond motifs is 2. The molecular weight excluding hydrogens is 450 g/mol. The minimum atomic E-state index is -0.389. The van der Waals surface area contributed by atoms with Crippen molar-refractivity contribution in [3.8, 4) is 0 Å². The van der Waals surface area contributed by atoms with Gasteiger partial charge in [-0.1, -0.05) is 38.1 Å². The molecule has 0 spiro atoms. The highest BCUT2D eigenvalue weighted by Gasteiger charge is 2.38.